The summed E-state index contributed by atoms with van der Waals surface area (Å²) in [6.07, 6.45) is -16.9. The maximum Gasteiger partial charge on any atom is 0.220 e. The summed E-state index contributed by atoms with van der Waals surface area (Å²) < 4.78 is 69.1. The van der Waals surface area contributed by atoms with Gasteiger partial charge < -0.3 is 164 Å². The number of ether oxygens (including phenoxy) is 12. The first kappa shape index (κ1) is 98.8. The van der Waals surface area contributed by atoms with Crippen molar-refractivity contribution in [2.45, 2.75) is 429 Å². The fourth-order valence-corrected chi connectivity index (χ4v) is 15.3. The molecule has 0 aromatic carbocycles. The number of unbranched alkanes of at least 4 members (excludes halogenated alkanes) is 31. The van der Waals surface area contributed by atoms with E-state index in [4.69, 9.17) is 56.8 Å². The lowest BCUT2D eigenvalue weighted by Crippen LogP contribution is -2.68. The minimum Gasteiger partial charge on any atom is -0.394 e. The SMILES string of the molecule is CCCCCCCCCCCCC/C=C/[C@@H](O)[C@H](CO[C@@H]1OC(CO)[C@@H](O[C@@H]2OC(CO)[C@H](O[C@@H]3OC(CO)[C@H](O)[C@H](O[C@H]4OC(CO)[C@H](O)[C@H](O[C@H]5OC(CO)[C@H](O)[C@H](O[C@H]6OC(CO)[C@H](O)[C@H](O)C6O)C5O)C4O)C3O)[C@H](O)C2O)[C@H](O)C1O)NC(=O)CCCCCCCCCCCCCCCCCCCCCCC. The quantitative estimate of drug-likeness (QED) is 0.0273. The molecule has 0 bridgehead atoms. The highest BCUT2D eigenvalue weighted by atomic mass is 16.8. The molecule has 34 heteroatoms. The van der Waals surface area contributed by atoms with E-state index < -0.39 is 243 Å². The van der Waals surface area contributed by atoms with Crippen LogP contribution in [0, 0.1) is 0 Å². The van der Waals surface area contributed by atoms with Crippen molar-refractivity contribution in [3.8, 4) is 0 Å². The molecule has 658 valence electrons. The predicted octanol–water partition coefficient (Wildman–Crippen LogP) is -0.371. The molecule has 34 nitrogen and oxygen atoms in total. The van der Waals surface area contributed by atoms with E-state index >= 15 is 0 Å². The number of nitrogens with one attached hydrogen (secondary N) is 1. The Bertz CT molecular complexity index is 2450. The number of aliphatic hydroxyl groups is 20. The summed E-state index contributed by atoms with van der Waals surface area (Å²) in [5, 5.41) is 223. The Kier molecular flexibility index (Phi) is 47.8. The van der Waals surface area contributed by atoms with Crippen molar-refractivity contribution in [1.82, 2.24) is 5.32 Å². The van der Waals surface area contributed by atoms with Crippen LogP contribution in [0.1, 0.15) is 232 Å². The van der Waals surface area contributed by atoms with Gasteiger partial charge >= 0.3 is 0 Å². The Labute approximate surface area is 659 Å². The summed E-state index contributed by atoms with van der Waals surface area (Å²) in [5.41, 5.74) is 0. The number of hydrogen-bond donors (Lipinski definition) is 21. The Morgan fingerprint density at radius 2 is 0.580 bits per heavy atom. The van der Waals surface area contributed by atoms with Gasteiger partial charge in [-0.25, -0.2) is 0 Å². The van der Waals surface area contributed by atoms with Gasteiger partial charge in [-0.3, -0.25) is 4.79 Å². The molecule has 0 radical (unpaired) electrons. The normalized spacial score (nSPS) is 37.3. The van der Waals surface area contributed by atoms with Gasteiger partial charge in [0.1, 0.15) is 146 Å². The lowest BCUT2D eigenvalue weighted by atomic mass is 9.95. The van der Waals surface area contributed by atoms with Crippen LogP contribution in [-0.2, 0) is 61.6 Å². The first-order valence-corrected chi connectivity index (χ1v) is 42.0. The molecule has 112 heavy (non-hydrogen) atoms. The van der Waals surface area contributed by atoms with E-state index in [1.807, 2.05) is 6.08 Å². The molecule has 0 spiro atoms. The van der Waals surface area contributed by atoms with Gasteiger partial charge in [0.15, 0.2) is 37.7 Å². The van der Waals surface area contributed by atoms with Crippen LogP contribution in [0.25, 0.3) is 0 Å². The Morgan fingerprint density at radius 1 is 0.312 bits per heavy atom. The van der Waals surface area contributed by atoms with E-state index in [2.05, 4.69) is 19.2 Å². The lowest BCUT2D eigenvalue weighted by Gasteiger charge is -2.50. The van der Waals surface area contributed by atoms with Crippen LogP contribution in [0.2, 0.25) is 0 Å². The van der Waals surface area contributed by atoms with Gasteiger partial charge in [-0.15, -0.1) is 0 Å². The third-order valence-corrected chi connectivity index (χ3v) is 22.4. The fourth-order valence-electron chi connectivity index (χ4n) is 15.3. The molecule has 0 saturated carbocycles. The summed E-state index contributed by atoms with van der Waals surface area (Å²) in [7, 11) is 0. The highest BCUT2D eigenvalue weighted by Gasteiger charge is 2.58. The molecule has 0 aliphatic carbocycles. The van der Waals surface area contributed by atoms with Gasteiger partial charge in [0.25, 0.3) is 0 Å². The average molecular weight is 1620 g/mol. The number of carbonyl (C=O) groups excluding carboxylic acids is 1. The molecule has 1 amide bonds. The molecule has 6 rings (SSSR count). The number of allylic oxidation sites excluding steroid dienone is 1. The van der Waals surface area contributed by atoms with Crippen molar-refractivity contribution >= 4 is 5.91 Å². The van der Waals surface area contributed by atoms with Crippen LogP contribution in [0.15, 0.2) is 12.2 Å². The Hall–Kier alpha value is -2.07. The summed E-state index contributed by atoms with van der Waals surface area (Å²) in [6.45, 7) is -1.88. The van der Waals surface area contributed by atoms with Crippen molar-refractivity contribution in [3.63, 3.8) is 0 Å². The Morgan fingerprint density at radius 3 is 0.920 bits per heavy atom. The largest absolute Gasteiger partial charge is 0.394 e. The predicted molar refractivity (Wildman–Crippen MR) is 398 cm³/mol. The fraction of sp³-hybridized carbons (Fsp3) is 0.962. The van der Waals surface area contributed by atoms with Crippen molar-refractivity contribution in [3.05, 3.63) is 12.2 Å². The van der Waals surface area contributed by atoms with E-state index in [1.165, 1.54) is 148 Å². The minimum absolute atomic E-state index is 0.187. The lowest BCUT2D eigenvalue weighted by molar-refractivity contribution is -0.398. The van der Waals surface area contributed by atoms with Crippen LogP contribution in [-0.4, -0.2) is 351 Å². The number of hydrogen-bond acceptors (Lipinski definition) is 33. The van der Waals surface area contributed by atoms with Gasteiger partial charge in [0, 0.05) is 6.42 Å². The molecule has 6 aliphatic heterocycles. The number of aliphatic hydroxyl groups excluding tert-OH is 20. The first-order chi connectivity index (χ1) is 54.0. The number of carbonyl (C=O) groups is 1. The second kappa shape index (κ2) is 54.3. The molecule has 6 saturated heterocycles. The number of amides is 1. The van der Waals surface area contributed by atoms with Gasteiger partial charge in [0.2, 0.25) is 5.91 Å². The molecule has 6 aliphatic rings. The van der Waals surface area contributed by atoms with Crippen LogP contribution in [0.3, 0.4) is 0 Å². The second-order valence-electron chi connectivity index (χ2n) is 31.3. The van der Waals surface area contributed by atoms with Crippen molar-refractivity contribution in [2.24, 2.45) is 0 Å². The van der Waals surface area contributed by atoms with Gasteiger partial charge in [-0.1, -0.05) is 219 Å². The van der Waals surface area contributed by atoms with E-state index in [0.29, 0.717) is 12.8 Å². The van der Waals surface area contributed by atoms with Crippen LogP contribution in [0.5, 0.6) is 0 Å². The molecule has 12 unspecified atom stereocenters. The molecule has 0 aromatic heterocycles. The second-order valence-corrected chi connectivity index (χ2v) is 31.3. The topological polar surface area (TPSA) is 544 Å². The summed E-state index contributed by atoms with van der Waals surface area (Å²) in [6, 6.07) is -1.05. The van der Waals surface area contributed by atoms with Crippen LogP contribution < -0.4 is 5.32 Å². The molecular weight excluding hydrogens is 1480 g/mol. The molecule has 0 aromatic rings. The van der Waals surface area contributed by atoms with E-state index in [-0.39, 0.29) is 12.3 Å². The highest BCUT2D eigenvalue weighted by molar-refractivity contribution is 5.76. The number of rotatable bonds is 56. The zero-order valence-electron chi connectivity index (χ0n) is 65.9. The van der Waals surface area contributed by atoms with Gasteiger partial charge in [-0.05, 0) is 19.3 Å². The van der Waals surface area contributed by atoms with Crippen molar-refractivity contribution in [1.29, 1.82) is 0 Å². The zero-order valence-corrected chi connectivity index (χ0v) is 65.9. The summed E-state index contributed by atoms with van der Waals surface area (Å²) in [5.74, 6) is -0.331. The monoisotopic (exact) mass is 1620 g/mol. The maximum absolute atomic E-state index is 13.5. The summed E-state index contributed by atoms with van der Waals surface area (Å²) >= 11 is 0. The third-order valence-electron chi connectivity index (χ3n) is 22.4. The molecule has 6 heterocycles. The van der Waals surface area contributed by atoms with E-state index in [1.54, 1.807) is 6.08 Å². The van der Waals surface area contributed by atoms with Gasteiger partial charge in [-0.2, -0.15) is 0 Å². The summed E-state index contributed by atoms with van der Waals surface area (Å²) in [4.78, 5) is 13.5. The van der Waals surface area contributed by atoms with Crippen molar-refractivity contribution < 1.29 is 164 Å². The molecule has 32 atom stereocenters. The standard InChI is InChI=1S/C78H143NO33/c1-3-5-7-9-11-13-15-17-18-19-20-21-22-23-24-26-28-30-32-34-36-38-54(87)79-46(47(86)37-35-33-31-29-27-25-16-14-12-10-8-6-4-2)45-101-73-63(96)60(93)68(52(43-84)106-73)108-75-64(97)61(94)69(53(44-85)107-75)109-76-65(98)71(57(90)49(40-81)103-76)111-78-67(100)72(58(91)51(42-83)105-78)112-77-66(99)70(56(89)50(41-82)104-77)110-74-62(95)59(92)55(88)48(39-80)102-74/h35,37,46-53,55-78,80-86,88-100H,3-34,36,38-45H2,1-2H3,(H,79,87)/b37-35+/t46-,47+,48?,49?,50?,51?,52?,53?,55-,56-,57-,58-,59-,60+,61+,62?,63?,64?,65?,66?,67?,68+,69-,70-,71-,72-,73+,74+,75-,76-,77+,78+/m0/s1. The zero-order chi connectivity index (χ0) is 81.7. The first-order valence-electron chi connectivity index (χ1n) is 42.0. The average Bonchev–Trinajstić information content (AvgIpc) is 0.779. The van der Waals surface area contributed by atoms with Crippen LogP contribution >= 0.6 is 0 Å². The Balaban J connectivity index is 1.01. The minimum atomic E-state index is -2.27. The van der Waals surface area contributed by atoms with Crippen molar-refractivity contribution in [2.75, 3.05) is 46.2 Å². The van der Waals surface area contributed by atoms with E-state index in [0.717, 1.165) is 51.4 Å². The highest BCUT2D eigenvalue weighted by Crippen LogP contribution is 2.38. The third kappa shape index (κ3) is 30.6. The van der Waals surface area contributed by atoms with E-state index in [9.17, 15) is 107 Å². The molecule has 6 fully saturated rings. The smallest absolute Gasteiger partial charge is 0.220 e. The molecule has 21 N–H and O–H groups in total. The van der Waals surface area contributed by atoms with Crippen LogP contribution in [0.4, 0.5) is 0 Å². The maximum atomic E-state index is 13.5. The van der Waals surface area contributed by atoms with Gasteiger partial charge in [0.05, 0.1) is 58.4 Å². The molecular formula is C78H143NO33.